The van der Waals surface area contributed by atoms with Gasteiger partial charge in [0.05, 0.1) is 0 Å². The highest BCUT2D eigenvalue weighted by molar-refractivity contribution is 5.67. The Kier molecular flexibility index (Phi) is 3.53. The lowest BCUT2D eigenvalue weighted by Crippen LogP contribution is -1.89. The Morgan fingerprint density at radius 3 is 2.39 bits per heavy atom. The molecule has 0 N–H and O–H groups in total. The number of benzene rings is 2. The summed E-state index contributed by atoms with van der Waals surface area (Å²) in [6.45, 7) is 6.46. The van der Waals surface area contributed by atoms with E-state index in [4.69, 9.17) is 6.42 Å². The van der Waals surface area contributed by atoms with Crippen LogP contribution in [0.5, 0.6) is 0 Å². The van der Waals surface area contributed by atoms with Crippen LogP contribution >= 0.6 is 0 Å². The van der Waals surface area contributed by atoms with Gasteiger partial charge in [-0.15, -0.1) is 6.42 Å². The van der Waals surface area contributed by atoms with Crippen molar-refractivity contribution in [2.75, 3.05) is 0 Å². The van der Waals surface area contributed by atoms with Gasteiger partial charge in [-0.25, -0.2) is 0 Å². The summed E-state index contributed by atoms with van der Waals surface area (Å²) in [4.78, 5) is 0. The predicted molar refractivity (Wildman–Crippen MR) is 78.6 cm³/mol. The monoisotopic (exact) mass is 234 g/mol. The lowest BCUT2D eigenvalue weighted by atomic mass is 9.95. The van der Waals surface area contributed by atoms with E-state index in [-0.39, 0.29) is 0 Å². The van der Waals surface area contributed by atoms with Gasteiger partial charge in [0, 0.05) is 5.56 Å². The second-order valence-corrected chi connectivity index (χ2v) is 4.95. The summed E-state index contributed by atoms with van der Waals surface area (Å²) in [7, 11) is 0. The Balaban J connectivity index is 2.49. The molecular formula is C18H18. The van der Waals surface area contributed by atoms with Crippen molar-refractivity contribution in [1.82, 2.24) is 0 Å². The van der Waals surface area contributed by atoms with E-state index in [0.717, 1.165) is 11.1 Å². The van der Waals surface area contributed by atoms with Gasteiger partial charge in [-0.1, -0.05) is 56.2 Å². The molecule has 0 aliphatic rings. The van der Waals surface area contributed by atoms with Crippen molar-refractivity contribution in [3.63, 3.8) is 0 Å². The van der Waals surface area contributed by atoms with Crippen molar-refractivity contribution in [2.24, 2.45) is 0 Å². The molecule has 18 heavy (non-hydrogen) atoms. The summed E-state index contributed by atoms with van der Waals surface area (Å²) < 4.78 is 0. The summed E-state index contributed by atoms with van der Waals surface area (Å²) in [6.07, 6.45) is 5.53. The van der Waals surface area contributed by atoms with E-state index in [1.807, 2.05) is 6.92 Å². The van der Waals surface area contributed by atoms with E-state index in [1.165, 1.54) is 16.7 Å². The molecule has 0 atom stereocenters. The van der Waals surface area contributed by atoms with Gasteiger partial charge in [0.1, 0.15) is 0 Å². The minimum atomic E-state index is 0.544. The SMILES string of the molecule is C#Cc1cc(-c2cccc(C(C)C)c2)ccc1C. The van der Waals surface area contributed by atoms with Crippen LogP contribution in [0.25, 0.3) is 11.1 Å². The molecule has 0 heteroatoms. The minimum absolute atomic E-state index is 0.544. The average molecular weight is 234 g/mol. The number of hydrogen-bond donors (Lipinski definition) is 0. The van der Waals surface area contributed by atoms with Crippen LogP contribution in [0, 0.1) is 19.3 Å². The van der Waals surface area contributed by atoms with Crippen LogP contribution in [-0.2, 0) is 0 Å². The molecule has 0 aromatic heterocycles. The number of terminal acetylenes is 1. The van der Waals surface area contributed by atoms with Gasteiger partial charge in [-0.05, 0) is 41.2 Å². The van der Waals surface area contributed by atoms with E-state index < -0.39 is 0 Å². The number of hydrogen-bond acceptors (Lipinski definition) is 0. The van der Waals surface area contributed by atoms with Gasteiger partial charge < -0.3 is 0 Å². The highest BCUT2D eigenvalue weighted by Gasteiger charge is 2.04. The molecule has 0 fully saturated rings. The van der Waals surface area contributed by atoms with Crippen molar-refractivity contribution in [3.05, 3.63) is 59.2 Å². The summed E-state index contributed by atoms with van der Waals surface area (Å²) in [6, 6.07) is 15.0. The molecule has 0 bridgehead atoms. The third kappa shape index (κ3) is 2.46. The zero-order chi connectivity index (χ0) is 13.1. The molecule has 2 aromatic rings. The normalized spacial score (nSPS) is 10.4. The zero-order valence-corrected chi connectivity index (χ0v) is 11.2. The molecule has 0 unspecified atom stereocenters. The molecule has 0 aliphatic heterocycles. The highest BCUT2D eigenvalue weighted by Crippen LogP contribution is 2.25. The molecular weight excluding hydrogens is 216 g/mol. The fraction of sp³-hybridized carbons (Fsp3) is 0.222. The molecule has 0 radical (unpaired) electrons. The summed E-state index contributed by atoms with van der Waals surface area (Å²) in [5.41, 5.74) is 5.91. The second-order valence-electron chi connectivity index (χ2n) is 4.95. The first-order chi connectivity index (χ1) is 8.61. The van der Waals surface area contributed by atoms with Crippen LogP contribution in [0.15, 0.2) is 42.5 Å². The van der Waals surface area contributed by atoms with Crippen molar-refractivity contribution in [1.29, 1.82) is 0 Å². The highest BCUT2D eigenvalue weighted by atomic mass is 14.1. The van der Waals surface area contributed by atoms with E-state index >= 15 is 0 Å². The fourth-order valence-corrected chi connectivity index (χ4v) is 2.03. The van der Waals surface area contributed by atoms with Gasteiger partial charge in [-0.2, -0.15) is 0 Å². The van der Waals surface area contributed by atoms with Gasteiger partial charge in [0.25, 0.3) is 0 Å². The van der Waals surface area contributed by atoms with Crippen molar-refractivity contribution < 1.29 is 0 Å². The van der Waals surface area contributed by atoms with Crippen LogP contribution in [0.1, 0.15) is 36.5 Å². The first-order valence-corrected chi connectivity index (χ1v) is 6.29. The van der Waals surface area contributed by atoms with Crippen LogP contribution < -0.4 is 0 Å². The van der Waals surface area contributed by atoms with Gasteiger partial charge >= 0.3 is 0 Å². The quantitative estimate of drug-likeness (QED) is 0.657. The molecule has 2 rings (SSSR count). The summed E-state index contributed by atoms with van der Waals surface area (Å²) in [5, 5.41) is 0. The Hall–Kier alpha value is -2.00. The molecule has 0 saturated carbocycles. The summed E-state index contributed by atoms with van der Waals surface area (Å²) in [5.74, 6) is 3.29. The van der Waals surface area contributed by atoms with E-state index in [0.29, 0.717) is 5.92 Å². The lowest BCUT2D eigenvalue weighted by molar-refractivity contribution is 0.867. The fourth-order valence-electron chi connectivity index (χ4n) is 2.03. The van der Waals surface area contributed by atoms with Crippen molar-refractivity contribution in [3.8, 4) is 23.5 Å². The van der Waals surface area contributed by atoms with Gasteiger partial charge in [0.15, 0.2) is 0 Å². The summed E-state index contributed by atoms with van der Waals surface area (Å²) >= 11 is 0. The average Bonchev–Trinajstić information content (AvgIpc) is 2.39. The molecule has 0 amide bonds. The van der Waals surface area contributed by atoms with E-state index in [9.17, 15) is 0 Å². The van der Waals surface area contributed by atoms with Crippen LogP contribution in [-0.4, -0.2) is 0 Å². The Labute approximate surface area is 110 Å². The third-order valence-electron chi connectivity index (χ3n) is 3.28. The zero-order valence-electron chi connectivity index (χ0n) is 11.2. The Bertz CT molecular complexity index is 598. The minimum Gasteiger partial charge on any atom is -0.115 e. The molecule has 0 nitrogen and oxygen atoms in total. The molecule has 0 saturated heterocycles. The predicted octanol–water partition coefficient (Wildman–Crippen LogP) is 4.77. The van der Waals surface area contributed by atoms with Crippen molar-refractivity contribution in [2.45, 2.75) is 26.7 Å². The maximum absolute atomic E-state index is 5.53. The second kappa shape index (κ2) is 5.10. The first kappa shape index (κ1) is 12.5. The molecule has 0 heterocycles. The van der Waals surface area contributed by atoms with E-state index in [2.05, 4.69) is 62.2 Å². The standard InChI is InChI=1S/C18H18/c1-5-15-11-18(10-9-14(15)4)17-8-6-7-16(12-17)13(2)3/h1,6-13H,2-4H3. The number of rotatable bonds is 2. The van der Waals surface area contributed by atoms with Crippen molar-refractivity contribution >= 4 is 0 Å². The molecule has 2 aromatic carbocycles. The van der Waals surface area contributed by atoms with Crippen LogP contribution in [0.3, 0.4) is 0 Å². The third-order valence-corrected chi connectivity index (χ3v) is 3.28. The lowest BCUT2D eigenvalue weighted by Gasteiger charge is -2.09. The molecule has 90 valence electrons. The van der Waals surface area contributed by atoms with Crippen LogP contribution in [0.4, 0.5) is 0 Å². The Morgan fingerprint density at radius 1 is 1.00 bits per heavy atom. The maximum Gasteiger partial charge on any atom is 0.0277 e. The van der Waals surface area contributed by atoms with Gasteiger partial charge in [-0.3, -0.25) is 0 Å². The molecule has 0 spiro atoms. The number of aryl methyl sites for hydroxylation is 1. The largest absolute Gasteiger partial charge is 0.115 e. The van der Waals surface area contributed by atoms with Gasteiger partial charge in [0.2, 0.25) is 0 Å². The topological polar surface area (TPSA) is 0 Å². The first-order valence-electron chi connectivity index (χ1n) is 6.29. The van der Waals surface area contributed by atoms with Crippen LogP contribution in [0.2, 0.25) is 0 Å². The maximum atomic E-state index is 5.53. The van der Waals surface area contributed by atoms with E-state index in [1.54, 1.807) is 0 Å². The molecule has 0 aliphatic carbocycles. The smallest absolute Gasteiger partial charge is 0.0277 e. The Morgan fingerprint density at radius 2 is 1.72 bits per heavy atom.